The van der Waals surface area contributed by atoms with Gasteiger partial charge in [0.1, 0.15) is 0 Å². The molecular weight excluding hydrogens is 546 g/mol. The molecule has 0 saturated heterocycles. The normalized spacial score (nSPS) is 12.4. The fourth-order valence-electron chi connectivity index (χ4n) is 8.20. The maximum Gasteiger partial charge on any atom is 0.0641 e. The second kappa shape index (κ2) is 8.31. The van der Waals surface area contributed by atoms with E-state index in [0.29, 0.717) is 0 Å². The van der Waals surface area contributed by atoms with E-state index in [2.05, 4.69) is 165 Å². The van der Waals surface area contributed by atoms with Crippen LogP contribution in [-0.4, -0.2) is 13.5 Å². The molecule has 45 heavy (non-hydrogen) atoms. The van der Waals surface area contributed by atoms with Gasteiger partial charge >= 0.3 is 0 Å². The summed E-state index contributed by atoms with van der Waals surface area (Å²) in [4.78, 5) is 0. The summed E-state index contributed by atoms with van der Waals surface area (Å²) in [5.74, 6) is 0. The van der Waals surface area contributed by atoms with E-state index < -0.39 is 0 Å². The van der Waals surface area contributed by atoms with Crippen molar-refractivity contribution in [3.8, 4) is 11.4 Å². The summed E-state index contributed by atoms with van der Waals surface area (Å²) >= 11 is 0. The van der Waals surface area contributed by atoms with E-state index in [1.54, 1.807) is 0 Å². The molecule has 3 heteroatoms. The number of aromatic nitrogens is 3. The molecule has 0 N–H and O–H groups in total. The fraction of sp³-hybridized carbons (Fsp3) is 0. The Morgan fingerprint density at radius 3 is 1.60 bits per heavy atom. The number of nitrogens with zero attached hydrogens (tertiary/aromatic N) is 3. The molecule has 0 radical (unpaired) electrons. The molecule has 7 aromatic carbocycles. The second-order valence-corrected chi connectivity index (χ2v) is 12.2. The van der Waals surface area contributed by atoms with E-state index in [-0.39, 0.29) is 0 Å². The third-order valence-electron chi connectivity index (χ3n) is 9.95. The maximum absolute atomic E-state index is 2.50. The topological polar surface area (TPSA) is 14.3 Å². The van der Waals surface area contributed by atoms with Crippen molar-refractivity contribution in [2.75, 3.05) is 0 Å². The molecule has 4 heterocycles. The number of rotatable bonds is 2. The first kappa shape index (κ1) is 23.4. The molecule has 0 aliphatic carbocycles. The van der Waals surface area contributed by atoms with E-state index in [9.17, 15) is 0 Å². The standard InChI is InChI=1S/C42H25N3/c1-2-11-26(12-3-1)43-34-17-7-4-13-28(34)31-22-21-27(25-39(31)43)44-37-20-10-16-32-29-14-5-8-18-35(29)45-36-19-9-6-15-30(36)33-23-24-38(44)41(40(32)37)42(33)45/h1-25H. The predicted molar refractivity (Wildman–Crippen MR) is 190 cm³/mol. The SMILES string of the molecule is c1ccc(-n2c3ccccc3c3ccc(-n4c5cccc6c7ccccc7n7c8ccccc8c8ccc4c(c65)c87)cc32)cc1. The van der Waals surface area contributed by atoms with Crippen molar-refractivity contribution in [3.05, 3.63) is 152 Å². The molecule has 11 aromatic rings. The monoisotopic (exact) mass is 571 g/mol. The van der Waals surface area contributed by atoms with Crippen molar-refractivity contribution >= 4 is 81.7 Å². The van der Waals surface area contributed by atoms with Gasteiger partial charge in [-0.05, 0) is 60.0 Å². The molecule has 0 aliphatic heterocycles. The highest BCUT2D eigenvalue weighted by Crippen LogP contribution is 2.45. The molecule has 0 saturated carbocycles. The number of para-hydroxylation sites is 4. The van der Waals surface area contributed by atoms with Gasteiger partial charge in [-0.25, -0.2) is 0 Å². The molecule has 11 rings (SSSR count). The summed E-state index contributed by atoms with van der Waals surface area (Å²) in [6.07, 6.45) is 0. The molecule has 0 fully saturated rings. The molecule has 0 amide bonds. The number of benzene rings is 7. The van der Waals surface area contributed by atoms with Crippen LogP contribution in [0.2, 0.25) is 0 Å². The zero-order valence-electron chi connectivity index (χ0n) is 24.3. The summed E-state index contributed by atoms with van der Waals surface area (Å²) in [5.41, 5.74) is 11.0. The quantitative estimate of drug-likeness (QED) is 0.196. The summed E-state index contributed by atoms with van der Waals surface area (Å²) in [7, 11) is 0. The minimum absolute atomic E-state index is 1.16. The second-order valence-electron chi connectivity index (χ2n) is 12.2. The van der Waals surface area contributed by atoms with Gasteiger partial charge in [-0.15, -0.1) is 0 Å². The first-order valence-corrected chi connectivity index (χ1v) is 15.5. The lowest BCUT2D eigenvalue weighted by molar-refractivity contribution is 1.15. The summed E-state index contributed by atoms with van der Waals surface area (Å²) in [6, 6.07) is 55.7. The van der Waals surface area contributed by atoms with Crippen LogP contribution in [0.25, 0.3) is 93.1 Å². The fourth-order valence-corrected chi connectivity index (χ4v) is 8.20. The van der Waals surface area contributed by atoms with Crippen LogP contribution >= 0.6 is 0 Å². The average molecular weight is 572 g/mol. The van der Waals surface area contributed by atoms with Gasteiger partial charge in [0.05, 0.1) is 38.6 Å². The lowest BCUT2D eigenvalue weighted by Gasteiger charge is -2.11. The maximum atomic E-state index is 2.50. The van der Waals surface area contributed by atoms with Crippen LogP contribution in [0.5, 0.6) is 0 Å². The summed E-state index contributed by atoms with van der Waals surface area (Å²) in [5, 5.41) is 10.3. The highest BCUT2D eigenvalue weighted by Gasteiger charge is 2.23. The first-order chi connectivity index (χ1) is 22.4. The predicted octanol–water partition coefficient (Wildman–Crippen LogP) is 11.0. The molecule has 0 atom stereocenters. The smallest absolute Gasteiger partial charge is 0.0641 e. The Bertz CT molecular complexity index is 2970. The largest absolute Gasteiger partial charge is 0.309 e. The highest BCUT2D eigenvalue weighted by atomic mass is 15.0. The molecule has 4 aromatic heterocycles. The van der Waals surface area contributed by atoms with Crippen LogP contribution in [0, 0.1) is 0 Å². The summed E-state index contributed by atoms with van der Waals surface area (Å²) < 4.78 is 7.39. The zero-order chi connectivity index (χ0) is 29.2. The van der Waals surface area contributed by atoms with E-state index in [1.807, 2.05) is 0 Å². The average Bonchev–Trinajstić information content (AvgIpc) is 3.70. The van der Waals surface area contributed by atoms with Gasteiger partial charge in [-0.2, -0.15) is 0 Å². The lowest BCUT2D eigenvalue weighted by Crippen LogP contribution is -1.97. The van der Waals surface area contributed by atoms with Gasteiger partial charge < -0.3 is 13.5 Å². The highest BCUT2D eigenvalue weighted by molar-refractivity contribution is 6.33. The van der Waals surface area contributed by atoms with Crippen LogP contribution in [0.15, 0.2) is 152 Å². The molecule has 3 nitrogen and oxygen atoms in total. The first-order valence-electron chi connectivity index (χ1n) is 15.5. The van der Waals surface area contributed by atoms with Crippen LogP contribution in [0.3, 0.4) is 0 Å². The Hall–Kier alpha value is -6.06. The van der Waals surface area contributed by atoms with Gasteiger partial charge in [0.2, 0.25) is 0 Å². The van der Waals surface area contributed by atoms with Gasteiger partial charge in [0.15, 0.2) is 0 Å². The Balaban J connectivity index is 1.35. The molecule has 208 valence electrons. The van der Waals surface area contributed by atoms with Crippen molar-refractivity contribution in [2.24, 2.45) is 0 Å². The van der Waals surface area contributed by atoms with Gasteiger partial charge in [-0.3, -0.25) is 0 Å². The van der Waals surface area contributed by atoms with Gasteiger partial charge in [-0.1, -0.05) is 97.1 Å². The van der Waals surface area contributed by atoms with E-state index in [1.165, 1.54) is 87.4 Å². The van der Waals surface area contributed by atoms with Crippen LogP contribution in [0.1, 0.15) is 0 Å². The minimum Gasteiger partial charge on any atom is -0.309 e. The third-order valence-corrected chi connectivity index (χ3v) is 9.95. The van der Waals surface area contributed by atoms with Crippen molar-refractivity contribution in [1.82, 2.24) is 13.5 Å². The van der Waals surface area contributed by atoms with E-state index in [0.717, 1.165) is 5.69 Å². The number of hydrogen-bond acceptors (Lipinski definition) is 0. The van der Waals surface area contributed by atoms with Crippen molar-refractivity contribution < 1.29 is 0 Å². The molecule has 0 unspecified atom stereocenters. The summed E-state index contributed by atoms with van der Waals surface area (Å²) in [6.45, 7) is 0. The number of fused-ring (bicyclic) bond motifs is 9. The van der Waals surface area contributed by atoms with Crippen LogP contribution in [0.4, 0.5) is 0 Å². The van der Waals surface area contributed by atoms with Crippen LogP contribution in [-0.2, 0) is 0 Å². The van der Waals surface area contributed by atoms with Gasteiger partial charge in [0, 0.05) is 49.1 Å². The Kier molecular flexibility index (Phi) is 4.32. The van der Waals surface area contributed by atoms with Crippen molar-refractivity contribution in [3.63, 3.8) is 0 Å². The molecule has 0 bridgehead atoms. The van der Waals surface area contributed by atoms with Gasteiger partial charge in [0.25, 0.3) is 0 Å². The zero-order valence-corrected chi connectivity index (χ0v) is 24.3. The molecular formula is C42H25N3. The number of hydrogen-bond donors (Lipinski definition) is 0. The van der Waals surface area contributed by atoms with Crippen molar-refractivity contribution in [1.29, 1.82) is 0 Å². The molecule has 0 spiro atoms. The van der Waals surface area contributed by atoms with E-state index >= 15 is 0 Å². The Labute approximate surface area is 257 Å². The molecule has 0 aliphatic rings. The third kappa shape index (κ3) is 2.86. The lowest BCUT2D eigenvalue weighted by atomic mass is 10.0. The minimum atomic E-state index is 1.16. The van der Waals surface area contributed by atoms with Crippen LogP contribution < -0.4 is 0 Å². The Morgan fingerprint density at radius 1 is 0.289 bits per heavy atom. The van der Waals surface area contributed by atoms with E-state index in [4.69, 9.17) is 0 Å². The van der Waals surface area contributed by atoms with Crippen molar-refractivity contribution in [2.45, 2.75) is 0 Å². The Morgan fingerprint density at radius 2 is 0.822 bits per heavy atom.